The first-order chi connectivity index (χ1) is 10.1. The molecule has 1 amide bonds. The molecule has 1 aliphatic rings. The summed E-state index contributed by atoms with van der Waals surface area (Å²) in [5.41, 5.74) is 9.05. The summed E-state index contributed by atoms with van der Waals surface area (Å²) in [7, 11) is 1.53. The lowest BCUT2D eigenvalue weighted by molar-refractivity contribution is 0.0978. The number of nitrogens with zero attached hydrogens (tertiary/aromatic N) is 1. The van der Waals surface area contributed by atoms with Gasteiger partial charge in [0.15, 0.2) is 5.75 Å². The molecule has 21 heavy (non-hydrogen) atoms. The molecule has 0 fully saturated rings. The minimum absolute atomic E-state index is 0.0726. The number of methoxy groups -OCH3 is 1. The third-order valence-corrected chi connectivity index (χ3v) is 3.91. The zero-order valence-corrected chi connectivity index (χ0v) is 12.2. The largest absolute Gasteiger partial charge is 0.494 e. The van der Waals surface area contributed by atoms with Gasteiger partial charge in [0.1, 0.15) is 0 Å². The molecular weight excluding hydrogens is 264 g/mol. The van der Waals surface area contributed by atoms with Crippen molar-refractivity contribution in [2.75, 3.05) is 17.7 Å². The number of para-hydroxylation sites is 2. The molecule has 1 heterocycles. The number of hydrogen-bond donors (Lipinski definition) is 1. The maximum absolute atomic E-state index is 12.9. The maximum atomic E-state index is 12.9. The fourth-order valence-electron chi connectivity index (χ4n) is 2.96. The summed E-state index contributed by atoms with van der Waals surface area (Å²) < 4.78 is 5.31. The van der Waals surface area contributed by atoms with Gasteiger partial charge < -0.3 is 15.4 Å². The first-order valence-corrected chi connectivity index (χ1v) is 6.97. The monoisotopic (exact) mass is 282 g/mol. The normalized spacial score (nSPS) is 16.7. The van der Waals surface area contributed by atoms with Crippen molar-refractivity contribution >= 4 is 17.3 Å². The lowest BCUT2D eigenvalue weighted by Gasteiger charge is -2.24. The Morgan fingerprint density at radius 1 is 1.24 bits per heavy atom. The van der Waals surface area contributed by atoms with E-state index in [4.69, 9.17) is 10.5 Å². The predicted octanol–water partition coefficient (Wildman–Crippen LogP) is 2.87. The third-order valence-electron chi connectivity index (χ3n) is 3.91. The van der Waals surface area contributed by atoms with Crippen molar-refractivity contribution < 1.29 is 9.53 Å². The molecule has 4 heteroatoms. The molecule has 0 bridgehead atoms. The van der Waals surface area contributed by atoms with Gasteiger partial charge in [-0.15, -0.1) is 0 Å². The predicted molar refractivity (Wildman–Crippen MR) is 83.8 cm³/mol. The zero-order chi connectivity index (χ0) is 15.0. The highest BCUT2D eigenvalue weighted by atomic mass is 16.5. The highest BCUT2D eigenvalue weighted by Gasteiger charge is 2.32. The number of anilines is 2. The molecule has 0 radical (unpaired) electrons. The number of ether oxygens (including phenoxy) is 1. The van der Waals surface area contributed by atoms with E-state index in [0.29, 0.717) is 17.0 Å². The molecule has 0 aliphatic carbocycles. The molecule has 0 aromatic heterocycles. The first kappa shape index (κ1) is 13.5. The molecule has 0 saturated carbocycles. The lowest BCUT2D eigenvalue weighted by Crippen LogP contribution is -2.36. The van der Waals surface area contributed by atoms with Gasteiger partial charge in [0.25, 0.3) is 5.91 Å². The maximum Gasteiger partial charge on any atom is 0.262 e. The van der Waals surface area contributed by atoms with Crippen LogP contribution < -0.4 is 15.4 Å². The van der Waals surface area contributed by atoms with Crippen LogP contribution in [-0.2, 0) is 6.42 Å². The van der Waals surface area contributed by atoms with Crippen LogP contribution in [-0.4, -0.2) is 19.1 Å². The molecule has 0 spiro atoms. The van der Waals surface area contributed by atoms with E-state index >= 15 is 0 Å². The number of carbonyl (C=O) groups excluding carboxylic acids is 1. The van der Waals surface area contributed by atoms with Crippen molar-refractivity contribution in [2.24, 2.45) is 0 Å². The summed E-state index contributed by atoms with van der Waals surface area (Å²) in [6.07, 6.45) is 0.868. The minimum Gasteiger partial charge on any atom is -0.494 e. The van der Waals surface area contributed by atoms with E-state index in [9.17, 15) is 4.79 Å². The minimum atomic E-state index is -0.0726. The molecule has 1 aliphatic heterocycles. The number of fused-ring (bicyclic) bond motifs is 1. The molecular formula is C17H18N2O2. The van der Waals surface area contributed by atoms with Crippen molar-refractivity contribution in [1.29, 1.82) is 0 Å². The summed E-state index contributed by atoms with van der Waals surface area (Å²) in [5, 5.41) is 0. The summed E-state index contributed by atoms with van der Waals surface area (Å²) >= 11 is 0. The van der Waals surface area contributed by atoms with Crippen LogP contribution in [0.15, 0.2) is 42.5 Å². The van der Waals surface area contributed by atoms with Crippen molar-refractivity contribution in [3.05, 3.63) is 53.6 Å². The Balaban J connectivity index is 2.06. The Morgan fingerprint density at radius 2 is 2.00 bits per heavy atom. The van der Waals surface area contributed by atoms with Crippen LogP contribution in [0.2, 0.25) is 0 Å². The fraction of sp³-hybridized carbons (Fsp3) is 0.235. The van der Waals surface area contributed by atoms with Gasteiger partial charge in [-0.2, -0.15) is 0 Å². The van der Waals surface area contributed by atoms with Crippen molar-refractivity contribution in [2.45, 2.75) is 19.4 Å². The lowest BCUT2D eigenvalue weighted by atomic mass is 10.1. The molecule has 108 valence electrons. The molecule has 2 aromatic rings. The highest BCUT2D eigenvalue weighted by Crippen LogP contribution is 2.35. The smallest absolute Gasteiger partial charge is 0.262 e. The van der Waals surface area contributed by atoms with Crippen LogP contribution in [0.3, 0.4) is 0 Å². The van der Waals surface area contributed by atoms with Gasteiger partial charge in [0.2, 0.25) is 0 Å². The third kappa shape index (κ3) is 2.13. The van der Waals surface area contributed by atoms with Crippen molar-refractivity contribution in [3.63, 3.8) is 0 Å². The Morgan fingerprint density at radius 3 is 2.76 bits per heavy atom. The second-order valence-corrected chi connectivity index (χ2v) is 5.29. The molecule has 2 N–H and O–H groups in total. The van der Waals surface area contributed by atoms with Gasteiger partial charge in [-0.25, -0.2) is 0 Å². The van der Waals surface area contributed by atoms with Crippen molar-refractivity contribution in [1.82, 2.24) is 0 Å². The van der Waals surface area contributed by atoms with E-state index in [-0.39, 0.29) is 11.9 Å². The topological polar surface area (TPSA) is 55.6 Å². The van der Waals surface area contributed by atoms with Crippen LogP contribution in [0.25, 0.3) is 0 Å². The van der Waals surface area contributed by atoms with E-state index in [1.807, 2.05) is 23.1 Å². The number of amides is 1. The van der Waals surface area contributed by atoms with Gasteiger partial charge >= 0.3 is 0 Å². The second kappa shape index (κ2) is 5.13. The fourth-order valence-corrected chi connectivity index (χ4v) is 2.96. The highest BCUT2D eigenvalue weighted by molar-refractivity contribution is 6.10. The van der Waals surface area contributed by atoms with E-state index in [2.05, 4.69) is 13.0 Å². The van der Waals surface area contributed by atoms with E-state index in [1.54, 1.807) is 18.2 Å². The van der Waals surface area contributed by atoms with E-state index in [0.717, 1.165) is 12.1 Å². The number of nitrogen functional groups attached to an aromatic ring is 1. The molecule has 2 aromatic carbocycles. The Kier molecular flexibility index (Phi) is 3.29. The van der Waals surface area contributed by atoms with Crippen LogP contribution in [0.4, 0.5) is 11.4 Å². The number of nitrogens with two attached hydrogens (primary N) is 1. The Hall–Kier alpha value is -2.49. The second-order valence-electron chi connectivity index (χ2n) is 5.29. The van der Waals surface area contributed by atoms with Gasteiger partial charge in [0.05, 0.1) is 18.4 Å². The Labute approximate surface area is 124 Å². The molecule has 3 rings (SSSR count). The average Bonchev–Trinajstić information content (AvgIpc) is 2.82. The molecule has 1 atom stereocenters. The van der Waals surface area contributed by atoms with Crippen LogP contribution >= 0.6 is 0 Å². The van der Waals surface area contributed by atoms with Crippen LogP contribution in [0.1, 0.15) is 22.8 Å². The number of rotatable bonds is 2. The summed E-state index contributed by atoms with van der Waals surface area (Å²) in [6.45, 7) is 2.05. The molecule has 4 nitrogen and oxygen atoms in total. The number of benzene rings is 2. The van der Waals surface area contributed by atoms with Gasteiger partial charge in [-0.1, -0.05) is 24.3 Å². The summed E-state index contributed by atoms with van der Waals surface area (Å²) in [5.74, 6) is 0.371. The van der Waals surface area contributed by atoms with Gasteiger partial charge in [0, 0.05) is 11.7 Å². The quantitative estimate of drug-likeness (QED) is 0.862. The molecule has 0 saturated heterocycles. The van der Waals surface area contributed by atoms with E-state index in [1.165, 1.54) is 12.7 Å². The Bertz CT molecular complexity index is 697. The van der Waals surface area contributed by atoms with Crippen LogP contribution in [0.5, 0.6) is 5.75 Å². The zero-order valence-electron chi connectivity index (χ0n) is 12.2. The average molecular weight is 282 g/mol. The van der Waals surface area contributed by atoms with Gasteiger partial charge in [-0.3, -0.25) is 4.79 Å². The van der Waals surface area contributed by atoms with Crippen molar-refractivity contribution in [3.8, 4) is 5.75 Å². The SMILES string of the molecule is COc1c(N)cccc1C(=O)N1c2ccccc2CC1C. The number of carbonyl (C=O) groups is 1. The van der Waals surface area contributed by atoms with E-state index < -0.39 is 0 Å². The van der Waals surface area contributed by atoms with Crippen LogP contribution in [0, 0.1) is 0 Å². The summed E-state index contributed by atoms with van der Waals surface area (Å²) in [4.78, 5) is 14.8. The standard InChI is InChI=1S/C17H18N2O2/c1-11-10-12-6-3-4-9-15(12)19(11)17(20)13-7-5-8-14(18)16(13)21-2/h3-9,11H,10,18H2,1-2H3. The number of hydrogen-bond acceptors (Lipinski definition) is 3. The van der Waals surface area contributed by atoms with Gasteiger partial charge in [-0.05, 0) is 37.1 Å². The first-order valence-electron chi connectivity index (χ1n) is 6.97. The molecule has 1 unspecified atom stereocenters. The summed E-state index contributed by atoms with van der Waals surface area (Å²) in [6, 6.07) is 13.4.